The van der Waals surface area contributed by atoms with E-state index in [0.717, 1.165) is 12.0 Å². The first-order chi connectivity index (χ1) is 12.1. The van der Waals surface area contributed by atoms with Crippen LogP contribution in [0.4, 0.5) is 0 Å². The van der Waals surface area contributed by atoms with Crippen LogP contribution < -0.4 is 0 Å². The van der Waals surface area contributed by atoms with Crippen molar-refractivity contribution in [1.29, 1.82) is 0 Å². The highest BCUT2D eigenvalue weighted by Gasteiger charge is 2.32. The van der Waals surface area contributed by atoms with E-state index < -0.39 is 6.10 Å². The fourth-order valence-corrected chi connectivity index (χ4v) is 3.57. The molecule has 25 heavy (non-hydrogen) atoms. The Morgan fingerprint density at radius 2 is 2.00 bits per heavy atom. The summed E-state index contributed by atoms with van der Waals surface area (Å²) < 4.78 is 4.97. The number of carbonyl (C=O) groups is 1. The van der Waals surface area contributed by atoms with Crippen molar-refractivity contribution in [3.63, 3.8) is 0 Å². The third kappa shape index (κ3) is 3.03. The number of piperidine rings is 1. The summed E-state index contributed by atoms with van der Waals surface area (Å²) in [4.78, 5) is 14.1. The van der Waals surface area contributed by atoms with Gasteiger partial charge in [-0.15, -0.1) is 0 Å². The maximum absolute atomic E-state index is 12.5. The van der Waals surface area contributed by atoms with Gasteiger partial charge in [0.25, 0.3) is 5.91 Å². The predicted molar refractivity (Wildman–Crippen MR) is 94.5 cm³/mol. The Balaban J connectivity index is 1.51. The van der Waals surface area contributed by atoms with E-state index in [4.69, 9.17) is 4.52 Å². The number of aliphatic hydroxyl groups is 1. The quantitative estimate of drug-likeness (QED) is 0.781. The van der Waals surface area contributed by atoms with Crippen molar-refractivity contribution in [3.8, 4) is 0 Å². The molecule has 0 spiro atoms. The highest BCUT2D eigenvalue weighted by Crippen LogP contribution is 2.31. The number of amides is 1. The second-order valence-electron chi connectivity index (χ2n) is 6.64. The van der Waals surface area contributed by atoms with Crippen LogP contribution in [0.2, 0.25) is 0 Å². The topological polar surface area (TPSA) is 66.6 Å². The van der Waals surface area contributed by atoms with Gasteiger partial charge >= 0.3 is 0 Å². The summed E-state index contributed by atoms with van der Waals surface area (Å²) in [6.07, 6.45) is 0.133. The number of benzene rings is 2. The highest BCUT2D eigenvalue weighted by molar-refractivity contribution is 5.92. The lowest BCUT2D eigenvalue weighted by Gasteiger charge is -2.36. The van der Waals surface area contributed by atoms with E-state index in [1.54, 1.807) is 17.9 Å². The number of aliphatic hydroxyl groups excluding tert-OH is 1. The van der Waals surface area contributed by atoms with Crippen molar-refractivity contribution in [2.75, 3.05) is 13.1 Å². The Bertz CT molecular complexity index is 918. The molecule has 0 saturated carbocycles. The molecular formula is C20H20N2O3. The molecule has 1 saturated heterocycles. The zero-order valence-electron chi connectivity index (χ0n) is 14.1. The molecule has 1 aromatic heterocycles. The van der Waals surface area contributed by atoms with E-state index in [0.29, 0.717) is 24.5 Å². The second-order valence-corrected chi connectivity index (χ2v) is 6.64. The van der Waals surface area contributed by atoms with E-state index >= 15 is 0 Å². The number of hydrogen-bond donors (Lipinski definition) is 1. The lowest BCUT2D eigenvalue weighted by molar-refractivity contribution is 0.0375. The minimum atomic E-state index is -0.591. The van der Waals surface area contributed by atoms with Crippen molar-refractivity contribution < 1.29 is 14.4 Å². The van der Waals surface area contributed by atoms with E-state index in [-0.39, 0.29) is 11.8 Å². The van der Waals surface area contributed by atoms with E-state index in [2.05, 4.69) is 35.5 Å². The summed E-state index contributed by atoms with van der Waals surface area (Å²) in [5, 5.41) is 16.8. The summed E-state index contributed by atoms with van der Waals surface area (Å²) in [6, 6.07) is 16.1. The maximum atomic E-state index is 12.5. The average molecular weight is 336 g/mol. The molecule has 0 unspecified atom stereocenters. The normalized spacial score (nSPS) is 20.8. The standard InChI is InChI=1S/C20H20N2O3/c1-13-10-18(21-25-13)20(24)22-9-8-17(19(23)12-22)16-7-6-14-4-2-3-5-15(14)11-16/h2-7,10-11,17,19,23H,8-9,12H2,1H3/t17-,19+/m1/s1. The fraction of sp³-hybridized carbons (Fsp3) is 0.300. The summed E-state index contributed by atoms with van der Waals surface area (Å²) in [7, 11) is 0. The number of fused-ring (bicyclic) bond motifs is 1. The number of β-amino-alcohol motifs (C(OH)–C–C–N with tert-alkyl or cyclic N) is 1. The first kappa shape index (κ1) is 15.8. The van der Waals surface area contributed by atoms with Gasteiger partial charge in [0.1, 0.15) is 5.76 Å². The minimum Gasteiger partial charge on any atom is -0.391 e. The number of rotatable bonds is 2. The van der Waals surface area contributed by atoms with Crippen LogP contribution in [0.15, 0.2) is 53.1 Å². The number of aryl methyl sites for hydroxylation is 1. The average Bonchev–Trinajstić information content (AvgIpc) is 3.07. The van der Waals surface area contributed by atoms with Crippen molar-refractivity contribution in [2.24, 2.45) is 0 Å². The van der Waals surface area contributed by atoms with Crippen molar-refractivity contribution in [1.82, 2.24) is 10.1 Å². The molecule has 1 fully saturated rings. The molecule has 1 amide bonds. The lowest BCUT2D eigenvalue weighted by atomic mass is 9.86. The molecule has 5 heteroatoms. The SMILES string of the molecule is Cc1cc(C(=O)N2CC[C@H](c3ccc4ccccc4c3)[C@@H](O)C2)no1. The largest absolute Gasteiger partial charge is 0.391 e. The van der Waals surface area contributed by atoms with Crippen LogP contribution in [-0.4, -0.2) is 40.3 Å². The van der Waals surface area contributed by atoms with Gasteiger partial charge in [-0.2, -0.15) is 0 Å². The van der Waals surface area contributed by atoms with Gasteiger partial charge < -0.3 is 14.5 Å². The molecule has 3 aromatic rings. The Morgan fingerprint density at radius 1 is 1.20 bits per heavy atom. The Morgan fingerprint density at radius 3 is 2.72 bits per heavy atom. The van der Waals surface area contributed by atoms with Crippen molar-refractivity contribution in [2.45, 2.75) is 25.4 Å². The van der Waals surface area contributed by atoms with Gasteiger partial charge in [-0.05, 0) is 29.7 Å². The third-order valence-electron chi connectivity index (χ3n) is 4.92. The van der Waals surface area contributed by atoms with E-state index in [1.165, 1.54) is 10.8 Å². The molecule has 5 nitrogen and oxygen atoms in total. The first-order valence-corrected chi connectivity index (χ1v) is 8.51. The number of aromatic nitrogens is 1. The molecule has 1 N–H and O–H groups in total. The molecule has 4 rings (SSSR count). The summed E-state index contributed by atoms with van der Waals surface area (Å²) in [5.41, 5.74) is 1.42. The molecule has 128 valence electrons. The van der Waals surface area contributed by atoms with Gasteiger partial charge in [0, 0.05) is 25.1 Å². The molecule has 0 aliphatic carbocycles. The van der Waals surface area contributed by atoms with Gasteiger partial charge in [-0.3, -0.25) is 4.79 Å². The Hall–Kier alpha value is -2.66. The highest BCUT2D eigenvalue weighted by atomic mass is 16.5. The van der Waals surface area contributed by atoms with E-state index in [1.807, 2.05) is 12.1 Å². The molecule has 0 bridgehead atoms. The Labute approximate surface area is 145 Å². The third-order valence-corrected chi connectivity index (χ3v) is 4.92. The summed E-state index contributed by atoms with van der Waals surface area (Å²) in [6.45, 7) is 2.66. The van der Waals surface area contributed by atoms with Gasteiger partial charge in [-0.25, -0.2) is 0 Å². The lowest BCUT2D eigenvalue weighted by Crippen LogP contribution is -2.45. The zero-order valence-corrected chi connectivity index (χ0v) is 14.1. The molecule has 2 aromatic carbocycles. The maximum Gasteiger partial charge on any atom is 0.276 e. The number of nitrogens with zero attached hydrogens (tertiary/aromatic N) is 2. The van der Waals surface area contributed by atoms with Gasteiger partial charge in [0.2, 0.25) is 0 Å². The predicted octanol–water partition coefficient (Wildman–Crippen LogP) is 3.13. The van der Waals surface area contributed by atoms with Crippen LogP contribution in [-0.2, 0) is 0 Å². The van der Waals surface area contributed by atoms with Crippen LogP contribution in [0.25, 0.3) is 10.8 Å². The second kappa shape index (κ2) is 6.33. The summed E-state index contributed by atoms with van der Waals surface area (Å²) in [5.74, 6) is 0.454. The molecule has 2 atom stereocenters. The number of carbonyl (C=O) groups excluding carboxylic acids is 1. The number of hydrogen-bond acceptors (Lipinski definition) is 4. The van der Waals surface area contributed by atoms with Crippen LogP contribution in [0.5, 0.6) is 0 Å². The first-order valence-electron chi connectivity index (χ1n) is 8.51. The van der Waals surface area contributed by atoms with Crippen LogP contribution >= 0.6 is 0 Å². The molecule has 0 radical (unpaired) electrons. The van der Waals surface area contributed by atoms with Crippen LogP contribution in [0.3, 0.4) is 0 Å². The van der Waals surface area contributed by atoms with Gasteiger partial charge in [0.15, 0.2) is 5.69 Å². The Kier molecular flexibility index (Phi) is 4.01. The molecule has 1 aliphatic heterocycles. The van der Waals surface area contributed by atoms with Gasteiger partial charge in [-0.1, -0.05) is 47.6 Å². The fourth-order valence-electron chi connectivity index (χ4n) is 3.57. The van der Waals surface area contributed by atoms with Crippen LogP contribution in [0.1, 0.15) is 34.2 Å². The van der Waals surface area contributed by atoms with E-state index in [9.17, 15) is 9.90 Å². The molecular weight excluding hydrogens is 316 g/mol. The zero-order chi connectivity index (χ0) is 17.4. The van der Waals surface area contributed by atoms with Crippen LogP contribution in [0, 0.1) is 6.92 Å². The van der Waals surface area contributed by atoms with Gasteiger partial charge in [0.05, 0.1) is 6.10 Å². The summed E-state index contributed by atoms with van der Waals surface area (Å²) >= 11 is 0. The van der Waals surface area contributed by atoms with Crippen molar-refractivity contribution >= 4 is 16.7 Å². The minimum absolute atomic E-state index is 0.0349. The smallest absolute Gasteiger partial charge is 0.276 e. The van der Waals surface area contributed by atoms with Crippen molar-refractivity contribution in [3.05, 3.63) is 65.5 Å². The molecule has 2 heterocycles. The molecule has 1 aliphatic rings. The monoisotopic (exact) mass is 336 g/mol. The number of likely N-dealkylation sites (tertiary alicyclic amines) is 1.